The average Bonchev–Trinajstić information content (AvgIpc) is 2.68. The van der Waals surface area contributed by atoms with E-state index in [1.807, 2.05) is 25.7 Å². The fraction of sp³-hybridized carbons (Fsp3) is 0.692. The molecule has 2 rings (SSSR count). The first-order valence-electron chi connectivity index (χ1n) is 6.42. The van der Waals surface area contributed by atoms with Gasteiger partial charge in [-0.1, -0.05) is 12.1 Å². The van der Waals surface area contributed by atoms with Gasteiger partial charge >= 0.3 is 0 Å². The fourth-order valence-electron chi connectivity index (χ4n) is 2.44. The van der Waals surface area contributed by atoms with Crippen molar-refractivity contribution in [1.29, 1.82) is 0 Å². The van der Waals surface area contributed by atoms with E-state index >= 15 is 0 Å². The van der Waals surface area contributed by atoms with Crippen LogP contribution >= 0.6 is 0 Å². The normalized spacial score (nSPS) is 24.3. The van der Waals surface area contributed by atoms with Crippen LogP contribution in [0.2, 0.25) is 0 Å². The zero-order valence-electron chi connectivity index (χ0n) is 11.4. The van der Waals surface area contributed by atoms with E-state index in [4.69, 9.17) is 9.26 Å². The van der Waals surface area contributed by atoms with Crippen molar-refractivity contribution in [2.45, 2.75) is 46.3 Å². The van der Waals surface area contributed by atoms with Crippen LogP contribution in [0.3, 0.4) is 0 Å². The molecule has 0 radical (unpaired) electrons. The zero-order valence-corrected chi connectivity index (χ0v) is 11.4. The lowest BCUT2D eigenvalue weighted by molar-refractivity contribution is -0.0586. The molecule has 1 aliphatic rings. The zero-order chi connectivity index (χ0) is 13.3. The van der Waals surface area contributed by atoms with Gasteiger partial charge in [0, 0.05) is 13.1 Å². The molecule has 0 aromatic carbocycles. The van der Waals surface area contributed by atoms with Gasteiger partial charge in [-0.3, -0.25) is 4.79 Å². The molecular formula is C13H20N2O3. The van der Waals surface area contributed by atoms with Crippen molar-refractivity contribution in [3.8, 4) is 0 Å². The number of ether oxygens (including phenoxy) is 1. The summed E-state index contributed by atoms with van der Waals surface area (Å²) in [7, 11) is 0. The van der Waals surface area contributed by atoms with Gasteiger partial charge in [-0.15, -0.1) is 0 Å². The molecule has 1 aliphatic heterocycles. The van der Waals surface area contributed by atoms with Crippen LogP contribution in [0.15, 0.2) is 4.52 Å². The van der Waals surface area contributed by atoms with Crippen molar-refractivity contribution in [3.63, 3.8) is 0 Å². The standard InChI is InChI=1S/C13H20N2O3/c1-5-11-12(10(4)18-14-11)13(16)15-6-8(2)17-9(3)7-15/h8-9H,5-7H2,1-4H3/t8-,9-/m1/s1. The number of amides is 1. The van der Waals surface area contributed by atoms with E-state index in [1.54, 1.807) is 6.92 Å². The molecule has 0 saturated carbocycles. The van der Waals surface area contributed by atoms with Crippen LogP contribution in [0.4, 0.5) is 0 Å². The Balaban J connectivity index is 2.22. The smallest absolute Gasteiger partial charge is 0.259 e. The number of hydrogen-bond donors (Lipinski definition) is 0. The van der Waals surface area contributed by atoms with Crippen LogP contribution in [0.5, 0.6) is 0 Å². The van der Waals surface area contributed by atoms with E-state index in [2.05, 4.69) is 5.16 Å². The molecule has 1 saturated heterocycles. The lowest BCUT2D eigenvalue weighted by Crippen LogP contribution is -2.48. The quantitative estimate of drug-likeness (QED) is 0.805. The van der Waals surface area contributed by atoms with Crippen molar-refractivity contribution >= 4 is 5.91 Å². The summed E-state index contributed by atoms with van der Waals surface area (Å²) in [5, 5.41) is 3.93. The molecular weight excluding hydrogens is 232 g/mol. The summed E-state index contributed by atoms with van der Waals surface area (Å²) in [6, 6.07) is 0. The molecule has 1 aromatic rings. The molecule has 0 bridgehead atoms. The van der Waals surface area contributed by atoms with Crippen molar-refractivity contribution < 1.29 is 14.1 Å². The molecule has 2 heterocycles. The molecule has 1 amide bonds. The van der Waals surface area contributed by atoms with Crippen LogP contribution in [0.1, 0.15) is 42.6 Å². The molecule has 5 nitrogen and oxygen atoms in total. The maximum atomic E-state index is 12.5. The molecule has 18 heavy (non-hydrogen) atoms. The first-order valence-corrected chi connectivity index (χ1v) is 6.42. The Morgan fingerprint density at radius 1 is 1.39 bits per heavy atom. The van der Waals surface area contributed by atoms with E-state index in [0.29, 0.717) is 30.8 Å². The van der Waals surface area contributed by atoms with Gasteiger partial charge < -0.3 is 14.2 Å². The molecule has 2 atom stereocenters. The Morgan fingerprint density at radius 2 is 2.00 bits per heavy atom. The lowest BCUT2D eigenvalue weighted by atomic mass is 10.1. The number of nitrogens with zero attached hydrogens (tertiary/aromatic N) is 2. The van der Waals surface area contributed by atoms with Gasteiger partial charge in [-0.2, -0.15) is 0 Å². The van der Waals surface area contributed by atoms with Crippen LogP contribution in [-0.2, 0) is 11.2 Å². The highest BCUT2D eigenvalue weighted by Gasteiger charge is 2.30. The number of aryl methyl sites for hydroxylation is 2. The number of hydrogen-bond acceptors (Lipinski definition) is 4. The third-order valence-electron chi connectivity index (χ3n) is 3.19. The maximum Gasteiger partial charge on any atom is 0.259 e. The van der Waals surface area contributed by atoms with Crippen molar-refractivity contribution in [2.24, 2.45) is 0 Å². The molecule has 0 aliphatic carbocycles. The maximum absolute atomic E-state index is 12.5. The minimum atomic E-state index is 0.00704. The summed E-state index contributed by atoms with van der Waals surface area (Å²) in [5.41, 5.74) is 1.36. The summed E-state index contributed by atoms with van der Waals surface area (Å²) in [4.78, 5) is 14.4. The highest BCUT2D eigenvalue weighted by atomic mass is 16.5. The summed E-state index contributed by atoms with van der Waals surface area (Å²) < 4.78 is 10.8. The number of carbonyl (C=O) groups excluding carboxylic acids is 1. The van der Waals surface area contributed by atoms with Crippen molar-refractivity contribution in [1.82, 2.24) is 10.1 Å². The predicted octanol–water partition coefficient (Wildman–Crippen LogP) is 1.79. The van der Waals surface area contributed by atoms with E-state index in [-0.39, 0.29) is 18.1 Å². The highest BCUT2D eigenvalue weighted by Crippen LogP contribution is 2.19. The van der Waals surface area contributed by atoms with E-state index < -0.39 is 0 Å². The summed E-state index contributed by atoms with van der Waals surface area (Å²) in [6.45, 7) is 8.97. The van der Waals surface area contributed by atoms with Gasteiger partial charge in [0.2, 0.25) is 0 Å². The van der Waals surface area contributed by atoms with Crippen LogP contribution < -0.4 is 0 Å². The van der Waals surface area contributed by atoms with Gasteiger partial charge in [0.05, 0.1) is 17.9 Å². The van der Waals surface area contributed by atoms with E-state index in [9.17, 15) is 4.79 Å². The predicted molar refractivity (Wildman–Crippen MR) is 66.5 cm³/mol. The third-order valence-corrected chi connectivity index (χ3v) is 3.19. The van der Waals surface area contributed by atoms with Gasteiger partial charge in [0.25, 0.3) is 5.91 Å². The third kappa shape index (κ3) is 2.41. The van der Waals surface area contributed by atoms with Gasteiger partial charge in [0.15, 0.2) is 0 Å². The Bertz CT molecular complexity index is 431. The largest absolute Gasteiger partial charge is 0.372 e. The summed E-state index contributed by atoms with van der Waals surface area (Å²) >= 11 is 0. The van der Waals surface area contributed by atoms with Crippen LogP contribution in [-0.4, -0.2) is 41.3 Å². The molecule has 100 valence electrons. The second-order valence-electron chi connectivity index (χ2n) is 4.88. The number of rotatable bonds is 2. The van der Waals surface area contributed by atoms with Gasteiger partial charge in [-0.05, 0) is 27.2 Å². The Labute approximate surface area is 107 Å². The Hall–Kier alpha value is -1.36. The van der Waals surface area contributed by atoms with E-state index in [1.165, 1.54) is 0 Å². The topological polar surface area (TPSA) is 55.6 Å². The number of carbonyl (C=O) groups is 1. The molecule has 5 heteroatoms. The lowest BCUT2D eigenvalue weighted by Gasteiger charge is -2.35. The molecule has 0 spiro atoms. The van der Waals surface area contributed by atoms with E-state index in [0.717, 1.165) is 5.69 Å². The Kier molecular flexibility index (Phi) is 3.71. The van der Waals surface area contributed by atoms with Crippen molar-refractivity contribution in [2.75, 3.05) is 13.1 Å². The second-order valence-corrected chi connectivity index (χ2v) is 4.88. The minimum absolute atomic E-state index is 0.00704. The molecule has 0 N–H and O–H groups in total. The summed E-state index contributed by atoms with van der Waals surface area (Å²) in [5.74, 6) is 0.608. The molecule has 0 unspecified atom stereocenters. The fourth-order valence-corrected chi connectivity index (χ4v) is 2.44. The summed E-state index contributed by atoms with van der Waals surface area (Å²) in [6.07, 6.45) is 0.847. The number of morpholine rings is 1. The van der Waals surface area contributed by atoms with Gasteiger partial charge in [0.1, 0.15) is 11.3 Å². The van der Waals surface area contributed by atoms with Gasteiger partial charge in [-0.25, -0.2) is 0 Å². The Morgan fingerprint density at radius 3 is 2.56 bits per heavy atom. The SMILES string of the molecule is CCc1noc(C)c1C(=O)N1C[C@@H](C)O[C@H](C)C1. The average molecular weight is 252 g/mol. The first kappa shape index (κ1) is 13.1. The monoisotopic (exact) mass is 252 g/mol. The highest BCUT2D eigenvalue weighted by molar-refractivity contribution is 5.96. The van der Waals surface area contributed by atoms with Crippen LogP contribution in [0.25, 0.3) is 0 Å². The molecule has 1 aromatic heterocycles. The number of aromatic nitrogens is 1. The van der Waals surface area contributed by atoms with Crippen LogP contribution in [0, 0.1) is 6.92 Å². The van der Waals surface area contributed by atoms with Crippen molar-refractivity contribution in [3.05, 3.63) is 17.0 Å². The second kappa shape index (κ2) is 5.10. The minimum Gasteiger partial charge on any atom is -0.372 e. The first-order chi connectivity index (χ1) is 8.52. The molecule has 1 fully saturated rings.